The summed E-state index contributed by atoms with van der Waals surface area (Å²) in [6, 6.07) is 8.20. The van der Waals surface area contributed by atoms with Crippen LogP contribution in [0.25, 0.3) is 0 Å². The van der Waals surface area contributed by atoms with Crippen molar-refractivity contribution >= 4 is 33.4 Å². The Kier molecular flexibility index (Phi) is 7.08. The van der Waals surface area contributed by atoms with Crippen LogP contribution in [-0.2, 0) is 14.8 Å². The summed E-state index contributed by atoms with van der Waals surface area (Å²) in [7, 11) is -0.626. The number of nitrogens with one attached hydrogen (secondary N) is 2. The van der Waals surface area contributed by atoms with E-state index in [0.29, 0.717) is 0 Å². The summed E-state index contributed by atoms with van der Waals surface area (Å²) in [5.41, 5.74) is 0.269. The molecule has 1 aliphatic rings. The van der Waals surface area contributed by atoms with Crippen molar-refractivity contribution in [2.75, 3.05) is 36.8 Å². The van der Waals surface area contributed by atoms with E-state index in [-0.39, 0.29) is 41.0 Å². The third-order valence-corrected chi connectivity index (χ3v) is 7.00. The van der Waals surface area contributed by atoms with Gasteiger partial charge < -0.3 is 15.2 Å². The Morgan fingerprint density at radius 3 is 2.52 bits per heavy atom. The Bertz CT molecular complexity index is 1140. The van der Waals surface area contributed by atoms with Gasteiger partial charge in [-0.05, 0) is 63.5 Å². The fraction of sp³-hybridized carbons (Fsp3) is 0.333. The first-order chi connectivity index (χ1) is 15.5. The van der Waals surface area contributed by atoms with E-state index >= 15 is 0 Å². The molecule has 1 heterocycles. The lowest BCUT2D eigenvalue weighted by Gasteiger charge is -2.36. The number of fused-ring (bicyclic) bond motifs is 1. The predicted octanol–water partition coefficient (Wildman–Crippen LogP) is 1.94. The number of hydrogen-bond donors (Lipinski definition) is 3. The van der Waals surface area contributed by atoms with Crippen molar-refractivity contribution in [2.24, 2.45) is 0 Å². The molecule has 0 saturated heterocycles. The van der Waals surface area contributed by atoms with Gasteiger partial charge in [-0.2, -0.15) is 0 Å². The Morgan fingerprint density at radius 1 is 1.24 bits per heavy atom. The molecule has 33 heavy (non-hydrogen) atoms. The number of sulfonamides is 1. The average Bonchev–Trinajstić information content (AvgIpc) is 2.76. The van der Waals surface area contributed by atoms with E-state index in [1.54, 1.807) is 25.9 Å². The van der Waals surface area contributed by atoms with Gasteiger partial charge in [0.05, 0.1) is 29.7 Å². The van der Waals surface area contributed by atoms with Gasteiger partial charge in [0.15, 0.2) is 0 Å². The monoisotopic (exact) mass is 480 g/mol. The van der Waals surface area contributed by atoms with Crippen LogP contribution in [0.2, 0.25) is 0 Å². The zero-order chi connectivity index (χ0) is 24.3. The summed E-state index contributed by atoms with van der Waals surface area (Å²) < 4.78 is 47.1. The summed E-state index contributed by atoms with van der Waals surface area (Å²) in [4.78, 5) is 24.9. The number of hydrogen-bond acceptors (Lipinski definition) is 6. The highest BCUT2D eigenvalue weighted by Gasteiger charge is 2.35. The van der Waals surface area contributed by atoms with E-state index in [2.05, 4.69) is 10.6 Å². The van der Waals surface area contributed by atoms with Crippen molar-refractivity contribution in [3.8, 4) is 5.75 Å². The van der Waals surface area contributed by atoms with E-state index in [1.807, 2.05) is 0 Å². The first-order valence-electron chi connectivity index (χ1n) is 10.0. The Morgan fingerprint density at radius 2 is 1.91 bits per heavy atom. The molecular formula is C21H25FN4O6S. The Hall–Kier alpha value is -3.38. The summed E-state index contributed by atoms with van der Waals surface area (Å²) in [5, 5.41) is 13.9. The lowest BCUT2D eigenvalue weighted by atomic mass is 10.2. The van der Waals surface area contributed by atoms with Gasteiger partial charge in [-0.1, -0.05) is 0 Å². The van der Waals surface area contributed by atoms with Crippen LogP contribution in [-0.4, -0.2) is 69.8 Å². The molecule has 2 amide bonds. The molecule has 0 saturated carbocycles. The zero-order valence-electron chi connectivity index (χ0n) is 18.3. The minimum Gasteiger partial charge on any atom is -0.484 e. The summed E-state index contributed by atoms with van der Waals surface area (Å²) in [5.74, 6) is -0.633. The minimum absolute atomic E-state index is 0.0427. The SMILES string of the molecule is CC(C(=O)NC[C@H]1CN(S(=O)(=O)c2ccc(F)cc2)c2cc(NC(=O)O)ccc2O1)N(C)C. The maximum Gasteiger partial charge on any atom is 0.409 e. The molecule has 2 atom stereocenters. The molecule has 10 nitrogen and oxygen atoms in total. The molecule has 0 bridgehead atoms. The molecule has 2 aromatic rings. The van der Waals surface area contributed by atoms with E-state index in [1.165, 1.54) is 18.2 Å². The number of anilines is 2. The van der Waals surface area contributed by atoms with Crippen LogP contribution in [0.3, 0.4) is 0 Å². The highest BCUT2D eigenvalue weighted by Crippen LogP contribution is 2.39. The van der Waals surface area contributed by atoms with E-state index < -0.39 is 34.1 Å². The van der Waals surface area contributed by atoms with Crippen LogP contribution in [0.15, 0.2) is 47.4 Å². The molecule has 1 unspecified atom stereocenters. The second-order valence-corrected chi connectivity index (χ2v) is 9.59. The number of likely N-dealkylation sites (N-methyl/N-ethyl adjacent to an activating group) is 1. The maximum atomic E-state index is 13.4. The number of carbonyl (C=O) groups is 2. The predicted molar refractivity (Wildman–Crippen MR) is 120 cm³/mol. The highest BCUT2D eigenvalue weighted by molar-refractivity contribution is 7.92. The molecular weight excluding hydrogens is 455 g/mol. The number of halogens is 1. The van der Waals surface area contributed by atoms with Gasteiger partial charge in [0, 0.05) is 5.69 Å². The average molecular weight is 481 g/mol. The second kappa shape index (κ2) is 9.63. The molecule has 2 aromatic carbocycles. The van der Waals surface area contributed by atoms with Crippen molar-refractivity contribution in [1.29, 1.82) is 0 Å². The van der Waals surface area contributed by atoms with Gasteiger partial charge in [0.25, 0.3) is 10.0 Å². The second-order valence-electron chi connectivity index (χ2n) is 7.73. The Balaban J connectivity index is 1.94. The van der Waals surface area contributed by atoms with Crippen molar-refractivity contribution < 1.29 is 32.2 Å². The lowest BCUT2D eigenvalue weighted by Crippen LogP contribution is -2.50. The third kappa shape index (κ3) is 5.52. The van der Waals surface area contributed by atoms with Crippen LogP contribution in [0.1, 0.15) is 6.92 Å². The first kappa shape index (κ1) is 24.3. The maximum absolute atomic E-state index is 13.4. The number of benzene rings is 2. The normalized spacial score (nSPS) is 16.5. The van der Waals surface area contributed by atoms with Crippen LogP contribution >= 0.6 is 0 Å². The Labute approximate surface area is 191 Å². The quantitative estimate of drug-likeness (QED) is 0.552. The van der Waals surface area contributed by atoms with Crippen molar-refractivity contribution in [1.82, 2.24) is 10.2 Å². The van der Waals surface area contributed by atoms with Crippen LogP contribution < -0.4 is 19.7 Å². The molecule has 3 N–H and O–H groups in total. The fourth-order valence-electron chi connectivity index (χ4n) is 3.18. The van der Waals surface area contributed by atoms with Crippen LogP contribution in [0, 0.1) is 5.82 Å². The molecule has 12 heteroatoms. The van der Waals surface area contributed by atoms with Gasteiger partial charge in [-0.15, -0.1) is 0 Å². The topological polar surface area (TPSA) is 128 Å². The largest absolute Gasteiger partial charge is 0.484 e. The van der Waals surface area contributed by atoms with E-state index in [0.717, 1.165) is 28.6 Å². The fourth-order valence-corrected chi connectivity index (χ4v) is 4.68. The van der Waals surface area contributed by atoms with Gasteiger partial charge in [-0.3, -0.25) is 19.3 Å². The van der Waals surface area contributed by atoms with Gasteiger partial charge >= 0.3 is 6.09 Å². The van der Waals surface area contributed by atoms with Crippen LogP contribution in [0.4, 0.5) is 20.6 Å². The lowest BCUT2D eigenvalue weighted by molar-refractivity contribution is -0.125. The summed E-state index contributed by atoms with van der Waals surface area (Å²) in [6.45, 7) is 1.62. The number of carbonyl (C=O) groups excluding carboxylic acids is 1. The molecule has 1 aliphatic heterocycles. The molecule has 0 spiro atoms. The molecule has 0 fully saturated rings. The van der Waals surface area contributed by atoms with Crippen molar-refractivity contribution in [3.05, 3.63) is 48.3 Å². The van der Waals surface area contributed by atoms with Crippen molar-refractivity contribution in [2.45, 2.75) is 24.0 Å². The highest BCUT2D eigenvalue weighted by atomic mass is 32.2. The van der Waals surface area contributed by atoms with E-state index in [9.17, 15) is 22.4 Å². The van der Waals surface area contributed by atoms with Gasteiger partial charge in [0.1, 0.15) is 17.7 Å². The van der Waals surface area contributed by atoms with E-state index in [4.69, 9.17) is 9.84 Å². The molecule has 178 valence electrons. The minimum atomic E-state index is -4.15. The number of nitrogens with zero attached hydrogens (tertiary/aromatic N) is 2. The molecule has 0 radical (unpaired) electrons. The van der Waals surface area contributed by atoms with Gasteiger partial charge in [0.2, 0.25) is 5.91 Å². The first-order valence-corrected chi connectivity index (χ1v) is 11.5. The van der Waals surface area contributed by atoms with Gasteiger partial charge in [-0.25, -0.2) is 17.6 Å². The zero-order valence-corrected chi connectivity index (χ0v) is 19.1. The molecule has 3 rings (SSSR count). The smallest absolute Gasteiger partial charge is 0.409 e. The molecule has 0 aromatic heterocycles. The third-order valence-electron chi connectivity index (χ3n) is 5.20. The standard InChI is InChI=1S/C21H25FN4O6S/c1-13(25(2)3)20(27)23-11-16-12-26(33(30,31)17-7-4-14(22)5-8-17)18-10-15(24-21(28)29)6-9-19(18)32-16/h4-10,13,16,24H,11-12H2,1-3H3,(H,23,27)(H,28,29)/t13?,16-/m0/s1. The summed E-state index contributed by atoms with van der Waals surface area (Å²) in [6.07, 6.45) is -2.03. The number of amides is 2. The molecule has 0 aliphatic carbocycles. The number of rotatable bonds is 7. The summed E-state index contributed by atoms with van der Waals surface area (Å²) >= 11 is 0. The van der Waals surface area contributed by atoms with Crippen molar-refractivity contribution in [3.63, 3.8) is 0 Å². The number of ether oxygens (including phenoxy) is 1. The number of carboxylic acid groups (broad SMARTS) is 1. The van der Waals surface area contributed by atoms with Crippen LogP contribution in [0.5, 0.6) is 5.75 Å².